The zero-order chi connectivity index (χ0) is 18.5. The van der Waals surface area contributed by atoms with E-state index in [-0.39, 0.29) is 0 Å². The number of rotatable bonds is 3. The molecule has 1 saturated carbocycles. The minimum atomic E-state index is 0.442. The number of likely N-dealkylation sites (tertiary alicyclic amines) is 1. The third-order valence-corrected chi connectivity index (χ3v) is 6.29. The molecule has 27 heavy (non-hydrogen) atoms. The van der Waals surface area contributed by atoms with Gasteiger partial charge in [-0.1, -0.05) is 49.7 Å². The number of methoxy groups -OCH3 is 1. The van der Waals surface area contributed by atoms with Crippen LogP contribution in [0.1, 0.15) is 56.9 Å². The van der Waals surface area contributed by atoms with E-state index in [1.165, 1.54) is 75.2 Å². The van der Waals surface area contributed by atoms with Gasteiger partial charge in [-0.05, 0) is 79.7 Å². The number of piperidine rings is 1. The molecule has 1 saturated heterocycles. The molecular formula is C25H31NO. The maximum atomic E-state index is 5.33. The zero-order valence-electron chi connectivity index (χ0n) is 16.5. The number of fused-ring (bicyclic) bond motifs is 1. The summed E-state index contributed by atoms with van der Waals surface area (Å²) >= 11 is 0. The van der Waals surface area contributed by atoms with Crippen LogP contribution in [0.3, 0.4) is 0 Å². The first-order valence-electron chi connectivity index (χ1n) is 10.7. The molecule has 1 aliphatic heterocycles. The SMILES string of the molecule is COc1ccc2cc(C#CC(C3CCCCC3)N3CCCCC3)ccc2c1. The summed E-state index contributed by atoms with van der Waals surface area (Å²) < 4.78 is 5.33. The Labute approximate surface area is 163 Å². The van der Waals surface area contributed by atoms with Gasteiger partial charge in [0.1, 0.15) is 5.75 Å². The van der Waals surface area contributed by atoms with Crippen molar-refractivity contribution in [1.82, 2.24) is 4.90 Å². The number of ether oxygens (including phenoxy) is 1. The summed E-state index contributed by atoms with van der Waals surface area (Å²) in [5, 5.41) is 2.44. The fourth-order valence-corrected chi connectivity index (χ4v) is 4.74. The van der Waals surface area contributed by atoms with Gasteiger partial charge in [-0.15, -0.1) is 0 Å². The lowest BCUT2D eigenvalue weighted by molar-refractivity contribution is 0.133. The van der Waals surface area contributed by atoms with Crippen LogP contribution in [0, 0.1) is 17.8 Å². The maximum absolute atomic E-state index is 5.33. The van der Waals surface area contributed by atoms with Crippen molar-refractivity contribution in [3.05, 3.63) is 42.0 Å². The average molecular weight is 362 g/mol. The van der Waals surface area contributed by atoms with Crippen LogP contribution in [-0.4, -0.2) is 31.1 Å². The topological polar surface area (TPSA) is 12.5 Å². The molecule has 0 radical (unpaired) electrons. The number of hydrogen-bond acceptors (Lipinski definition) is 2. The molecule has 0 bridgehead atoms. The lowest BCUT2D eigenvalue weighted by Gasteiger charge is -2.37. The summed E-state index contributed by atoms with van der Waals surface area (Å²) in [4.78, 5) is 2.68. The third-order valence-electron chi connectivity index (χ3n) is 6.29. The minimum Gasteiger partial charge on any atom is -0.497 e. The Morgan fingerprint density at radius 1 is 0.889 bits per heavy atom. The van der Waals surface area contributed by atoms with Crippen LogP contribution in [0.2, 0.25) is 0 Å². The summed E-state index contributed by atoms with van der Waals surface area (Å²) in [6.45, 7) is 2.46. The summed E-state index contributed by atoms with van der Waals surface area (Å²) in [5.41, 5.74) is 1.13. The highest BCUT2D eigenvalue weighted by atomic mass is 16.5. The summed E-state index contributed by atoms with van der Waals surface area (Å²) in [6.07, 6.45) is 10.9. The lowest BCUT2D eigenvalue weighted by Crippen LogP contribution is -2.43. The zero-order valence-corrected chi connectivity index (χ0v) is 16.5. The lowest BCUT2D eigenvalue weighted by atomic mass is 9.82. The Hall–Kier alpha value is -1.98. The van der Waals surface area contributed by atoms with E-state index in [1.807, 2.05) is 6.07 Å². The van der Waals surface area contributed by atoms with E-state index in [4.69, 9.17) is 4.74 Å². The van der Waals surface area contributed by atoms with Gasteiger partial charge < -0.3 is 4.74 Å². The van der Waals surface area contributed by atoms with Crippen LogP contribution in [0.15, 0.2) is 36.4 Å². The molecule has 2 fully saturated rings. The predicted octanol–water partition coefficient (Wildman–Crippen LogP) is 5.63. The van der Waals surface area contributed by atoms with Crippen LogP contribution in [0.5, 0.6) is 5.75 Å². The molecule has 2 aromatic carbocycles. The number of benzene rings is 2. The van der Waals surface area contributed by atoms with Gasteiger partial charge in [-0.25, -0.2) is 0 Å². The molecule has 1 aliphatic carbocycles. The van der Waals surface area contributed by atoms with Gasteiger partial charge in [0.2, 0.25) is 0 Å². The fourth-order valence-electron chi connectivity index (χ4n) is 4.74. The van der Waals surface area contributed by atoms with Crippen LogP contribution in [-0.2, 0) is 0 Å². The van der Waals surface area contributed by atoms with Crippen LogP contribution >= 0.6 is 0 Å². The van der Waals surface area contributed by atoms with E-state index in [1.54, 1.807) is 7.11 Å². The van der Waals surface area contributed by atoms with Gasteiger partial charge >= 0.3 is 0 Å². The van der Waals surface area contributed by atoms with Gasteiger partial charge in [-0.2, -0.15) is 0 Å². The Balaban J connectivity index is 1.58. The summed E-state index contributed by atoms with van der Waals surface area (Å²) in [6, 6.07) is 13.2. The number of nitrogens with zero attached hydrogens (tertiary/aromatic N) is 1. The highest BCUT2D eigenvalue weighted by Crippen LogP contribution is 2.30. The van der Waals surface area contributed by atoms with Crippen molar-refractivity contribution in [3.63, 3.8) is 0 Å². The fraction of sp³-hybridized carbons (Fsp3) is 0.520. The second-order valence-corrected chi connectivity index (χ2v) is 8.14. The van der Waals surface area contributed by atoms with E-state index in [0.717, 1.165) is 17.2 Å². The molecule has 0 amide bonds. The van der Waals surface area contributed by atoms with E-state index < -0.39 is 0 Å². The summed E-state index contributed by atoms with van der Waals surface area (Å²) in [5.74, 6) is 8.92. The monoisotopic (exact) mass is 361 g/mol. The minimum absolute atomic E-state index is 0.442. The van der Waals surface area contributed by atoms with Crippen LogP contribution < -0.4 is 4.74 Å². The number of hydrogen-bond donors (Lipinski definition) is 0. The molecule has 2 nitrogen and oxygen atoms in total. The van der Waals surface area contributed by atoms with E-state index in [0.29, 0.717) is 6.04 Å². The Bertz CT molecular complexity index is 801. The van der Waals surface area contributed by atoms with E-state index in [9.17, 15) is 0 Å². The first-order valence-corrected chi connectivity index (χ1v) is 10.7. The molecule has 0 N–H and O–H groups in total. The van der Waals surface area contributed by atoms with Gasteiger partial charge in [0.15, 0.2) is 0 Å². The van der Waals surface area contributed by atoms with Crippen LogP contribution in [0.4, 0.5) is 0 Å². The second-order valence-electron chi connectivity index (χ2n) is 8.14. The summed E-state index contributed by atoms with van der Waals surface area (Å²) in [7, 11) is 1.72. The van der Waals surface area contributed by atoms with Gasteiger partial charge in [0.05, 0.1) is 13.2 Å². The maximum Gasteiger partial charge on any atom is 0.119 e. The first kappa shape index (κ1) is 18.4. The molecule has 2 aliphatic rings. The molecule has 1 unspecified atom stereocenters. The molecule has 142 valence electrons. The molecule has 0 aromatic heterocycles. The van der Waals surface area contributed by atoms with E-state index in [2.05, 4.69) is 47.1 Å². The predicted molar refractivity (Wildman–Crippen MR) is 113 cm³/mol. The van der Waals surface area contributed by atoms with Crippen molar-refractivity contribution in [2.75, 3.05) is 20.2 Å². The van der Waals surface area contributed by atoms with Gasteiger partial charge in [0.25, 0.3) is 0 Å². The molecule has 2 aromatic rings. The first-order chi connectivity index (χ1) is 13.3. The van der Waals surface area contributed by atoms with Gasteiger partial charge in [-0.3, -0.25) is 4.90 Å². The van der Waals surface area contributed by atoms with Crippen molar-refractivity contribution in [2.45, 2.75) is 57.4 Å². The second kappa shape index (κ2) is 8.81. The van der Waals surface area contributed by atoms with Crippen molar-refractivity contribution in [3.8, 4) is 17.6 Å². The molecule has 2 heteroatoms. The Morgan fingerprint density at radius 2 is 1.59 bits per heavy atom. The quantitative estimate of drug-likeness (QED) is 0.657. The molecule has 1 heterocycles. The highest BCUT2D eigenvalue weighted by molar-refractivity contribution is 5.85. The molecular weight excluding hydrogens is 330 g/mol. The third kappa shape index (κ3) is 4.47. The van der Waals surface area contributed by atoms with Crippen molar-refractivity contribution in [1.29, 1.82) is 0 Å². The molecule has 1 atom stereocenters. The van der Waals surface area contributed by atoms with Crippen molar-refractivity contribution in [2.24, 2.45) is 5.92 Å². The largest absolute Gasteiger partial charge is 0.497 e. The standard InChI is InChI=1S/C25H31NO/c1-27-24-14-13-22-18-20(10-12-23(22)19-24)11-15-25(21-8-4-2-5-9-21)26-16-6-3-7-17-26/h10,12-14,18-19,21,25H,2-9,16-17H2,1H3. The normalized spacial score (nSPS) is 20.0. The van der Waals surface area contributed by atoms with Gasteiger partial charge in [0, 0.05) is 5.56 Å². The van der Waals surface area contributed by atoms with Crippen molar-refractivity contribution < 1.29 is 4.74 Å². The highest BCUT2D eigenvalue weighted by Gasteiger charge is 2.28. The van der Waals surface area contributed by atoms with Crippen LogP contribution in [0.25, 0.3) is 10.8 Å². The van der Waals surface area contributed by atoms with E-state index >= 15 is 0 Å². The molecule has 0 spiro atoms. The Kier molecular flexibility index (Phi) is 6.00. The van der Waals surface area contributed by atoms with Crippen molar-refractivity contribution >= 4 is 10.8 Å². The average Bonchev–Trinajstić information content (AvgIpc) is 2.75. The molecule has 4 rings (SSSR count). The Morgan fingerprint density at radius 3 is 2.37 bits per heavy atom. The smallest absolute Gasteiger partial charge is 0.119 e.